The monoisotopic (exact) mass is 375 g/mol. The summed E-state index contributed by atoms with van der Waals surface area (Å²) in [6.45, 7) is 4.33. The van der Waals surface area contributed by atoms with E-state index in [0.29, 0.717) is 24.5 Å². The molecular formula is C18H21N3O4S. The van der Waals surface area contributed by atoms with Crippen LogP contribution in [0, 0.1) is 0 Å². The number of rotatable bonds is 4. The van der Waals surface area contributed by atoms with Crippen molar-refractivity contribution in [3.05, 3.63) is 54.2 Å². The third kappa shape index (κ3) is 4.09. The molecule has 1 aromatic carbocycles. The van der Waals surface area contributed by atoms with Crippen LogP contribution >= 0.6 is 0 Å². The van der Waals surface area contributed by atoms with Crippen molar-refractivity contribution in [2.45, 2.75) is 31.0 Å². The summed E-state index contributed by atoms with van der Waals surface area (Å²) in [4.78, 5) is 16.4. The zero-order chi connectivity index (χ0) is 18.7. The molecular weight excluding hydrogens is 354 g/mol. The Morgan fingerprint density at radius 1 is 1.12 bits per heavy atom. The van der Waals surface area contributed by atoms with E-state index in [0.717, 1.165) is 0 Å². The summed E-state index contributed by atoms with van der Waals surface area (Å²) in [6, 6.07) is 11.1. The maximum absolute atomic E-state index is 12.8. The van der Waals surface area contributed by atoms with Crippen molar-refractivity contribution in [3.8, 4) is 0 Å². The zero-order valence-electron chi connectivity index (χ0n) is 14.6. The Kier molecular flexibility index (Phi) is 5.36. The Bertz CT molecular complexity index is 859. The van der Waals surface area contributed by atoms with Gasteiger partial charge in [-0.05, 0) is 50.2 Å². The van der Waals surface area contributed by atoms with E-state index in [-0.39, 0.29) is 23.0 Å². The molecule has 0 bridgehead atoms. The van der Waals surface area contributed by atoms with Gasteiger partial charge in [0.05, 0.1) is 17.1 Å². The van der Waals surface area contributed by atoms with Crippen molar-refractivity contribution in [1.82, 2.24) is 9.29 Å². The van der Waals surface area contributed by atoms with Crippen LogP contribution in [0.2, 0.25) is 0 Å². The van der Waals surface area contributed by atoms with Crippen molar-refractivity contribution < 1.29 is 17.9 Å². The molecule has 0 aliphatic carbocycles. The second-order valence-electron chi connectivity index (χ2n) is 6.27. The molecule has 26 heavy (non-hydrogen) atoms. The first kappa shape index (κ1) is 18.5. The topological polar surface area (TPSA) is 88.6 Å². The number of hydrogen-bond donors (Lipinski definition) is 1. The Hall–Kier alpha value is -2.29. The first-order valence-electron chi connectivity index (χ1n) is 8.34. The molecule has 138 valence electrons. The number of morpholine rings is 1. The predicted octanol–water partition coefficient (Wildman–Crippen LogP) is 2.13. The highest BCUT2D eigenvalue weighted by Gasteiger charge is 2.32. The molecule has 0 saturated carbocycles. The molecule has 1 aliphatic rings. The number of anilines is 1. The Balaban J connectivity index is 1.75. The standard InChI is InChI=1S/C18H21N3O4S/c1-13-11-21(12-14(2)25-13)26(23,24)16-8-6-15(7-9-16)18(22)20-17-5-3-4-10-19-17/h3-10,13-14H,11-12H2,1-2H3,(H,19,20,22). The van der Waals surface area contributed by atoms with Gasteiger partial charge in [-0.15, -0.1) is 0 Å². The zero-order valence-corrected chi connectivity index (χ0v) is 15.4. The van der Waals surface area contributed by atoms with Gasteiger partial charge in [0, 0.05) is 24.8 Å². The largest absolute Gasteiger partial charge is 0.373 e. The molecule has 0 radical (unpaired) electrons. The van der Waals surface area contributed by atoms with Gasteiger partial charge in [-0.25, -0.2) is 13.4 Å². The molecule has 7 nitrogen and oxygen atoms in total. The fraction of sp³-hybridized carbons (Fsp3) is 0.333. The molecule has 1 aliphatic heterocycles. The van der Waals surface area contributed by atoms with Gasteiger partial charge in [0.2, 0.25) is 10.0 Å². The number of sulfonamides is 1. The number of ether oxygens (including phenoxy) is 1. The van der Waals surface area contributed by atoms with Gasteiger partial charge in [0.15, 0.2) is 0 Å². The Morgan fingerprint density at radius 2 is 1.77 bits per heavy atom. The van der Waals surface area contributed by atoms with Crippen LogP contribution < -0.4 is 5.32 Å². The van der Waals surface area contributed by atoms with E-state index in [9.17, 15) is 13.2 Å². The highest BCUT2D eigenvalue weighted by molar-refractivity contribution is 7.89. The van der Waals surface area contributed by atoms with E-state index in [2.05, 4.69) is 10.3 Å². The molecule has 8 heteroatoms. The van der Waals surface area contributed by atoms with Crippen molar-refractivity contribution in [2.75, 3.05) is 18.4 Å². The van der Waals surface area contributed by atoms with E-state index in [1.165, 1.54) is 28.6 Å². The molecule has 2 atom stereocenters. The lowest BCUT2D eigenvalue weighted by Gasteiger charge is -2.34. The lowest BCUT2D eigenvalue weighted by molar-refractivity contribution is -0.0440. The van der Waals surface area contributed by atoms with Crippen LogP contribution in [-0.4, -0.2) is 48.9 Å². The summed E-state index contributed by atoms with van der Waals surface area (Å²) in [5.74, 6) is 0.0896. The van der Waals surface area contributed by atoms with E-state index in [4.69, 9.17) is 4.74 Å². The van der Waals surface area contributed by atoms with Gasteiger partial charge in [-0.3, -0.25) is 4.79 Å². The lowest BCUT2D eigenvalue weighted by atomic mass is 10.2. The number of pyridine rings is 1. The summed E-state index contributed by atoms with van der Waals surface area (Å²) in [5.41, 5.74) is 0.360. The van der Waals surface area contributed by atoms with Crippen molar-refractivity contribution >= 4 is 21.7 Å². The molecule has 1 aromatic heterocycles. The van der Waals surface area contributed by atoms with Crippen LogP contribution in [0.15, 0.2) is 53.6 Å². The second kappa shape index (κ2) is 7.53. The predicted molar refractivity (Wildman–Crippen MR) is 97.4 cm³/mol. The molecule has 1 amide bonds. The fourth-order valence-electron chi connectivity index (χ4n) is 2.88. The minimum atomic E-state index is -3.62. The van der Waals surface area contributed by atoms with Gasteiger partial charge in [0.1, 0.15) is 5.82 Å². The summed E-state index contributed by atoms with van der Waals surface area (Å²) < 4.78 is 32.6. The highest BCUT2D eigenvalue weighted by Crippen LogP contribution is 2.21. The number of hydrogen-bond acceptors (Lipinski definition) is 5. The smallest absolute Gasteiger partial charge is 0.256 e. The molecule has 3 rings (SSSR count). The summed E-state index contributed by atoms with van der Waals surface area (Å²) in [6.07, 6.45) is 1.27. The third-order valence-corrected chi connectivity index (χ3v) is 5.89. The van der Waals surface area contributed by atoms with E-state index >= 15 is 0 Å². The first-order chi connectivity index (χ1) is 12.4. The van der Waals surface area contributed by atoms with Crippen LogP contribution in [0.25, 0.3) is 0 Å². The van der Waals surface area contributed by atoms with Gasteiger partial charge in [-0.2, -0.15) is 4.31 Å². The minimum Gasteiger partial charge on any atom is -0.373 e. The van der Waals surface area contributed by atoms with Crippen molar-refractivity contribution in [3.63, 3.8) is 0 Å². The molecule has 1 fully saturated rings. The highest BCUT2D eigenvalue weighted by atomic mass is 32.2. The minimum absolute atomic E-state index is 0.156. The van der Waals surface area contributed by atoms with Crippen LogP contribution in [0.5, 0.6) is 0 Å². The molecule has 2 aromatic rings. The number of nitrogens with zero attached hydrogens (tertiary/aromatic N) is 2. The summed E-state index contributed by atoms with van der Waals surface area (Å²) in [7, 11) is -3.62. The molecule has 2 unspecified atom stereocenters. The fourth-order valence-corrected chi connectivity index (χ4v) is 4.47. The average molecular weight is 375 g/mol. The van der Waals surface area contributed by atoms with Crippen LogP contribution in [0.1, 0.15) is 24.2 Å². The summed E-state index contributed by atoms with van der Waals surface area (Å²) in [5, 5.41) is 2.66. The number of nitrogens with one attached hydrogen (secondary N) is 1. The Morgan fingerprint density at radius 3 is 2.35 bits per heavy atom. The van der Waals surface area contributed by atoms with Gasteiger partial charge in [-0.1, -0.05) is 6.07 Å². The lowest BCUT2D eigenvalue weighted by Crippen LogP contribution is -2.48. The summed E-state index contributed by atoms with van der Waals surface area (Å²) >= 11 is 0. The van der Waals surface area contributed by atoms with Crippen molar-refractivity contribution in [1.29, 1.82) is 0 Å². The SMILES string of the molecule is CC1CN(S(=O)(=O)c2ccc(C(=O)Nc3ccccn3)cc2)CC(C)O1. The Labute approximate surface area is 153 Å². The van der Waals surface area contributed by atoms with Crippen LogP contribution in [0.4, 0.5) is 5.82 Å². The number of aromatic nitrogens is 1. The van der Waals surface area contributed by atoms with Gasteiger partial charge >= 0.3 is 0 Å². The number of carbonyl (C=O) groups excluding carboxylic acids is 1. The van der Waals surface area contributed by atoms with Gasteiger partial charge in [0.25, 0.3) is 5.91 Å². The molecule has 0 spiro atoms. The number of benzene rings is 1. The van der Waals surface area contributed by atoms with E-state index < -0.39 is 10.0 Å². The third-order valence-electron chi connectivity index (χ3n) is 4.05. The molecule has 2 heterocycles. The number of carbonyl (C=O) groups is 1. The maximum atomic E-state index is 12.8. The normalized spacial score (nSPS) is 21.3. The molecule has 1 saturated heterocycles. The van der Waals surface area contributed by atoms with Crippen LogP contribution in [-0.2, 0) is 14.8 Å². The van der Waals surface area contributed by atoms with E-state index in [1.807, 2.05) is 13.8 Å². The van der Waals surface area contributed by atoms with Crippen molar-refractivity contribution in [2.24, 2.45) is 0 Å². The van der Waals surface area contributed by atoms with Crippen LogP contribution in [0.3, 0.4) is 0 Å². The number of amides is 1. The first-order valence-corrected chi connectivity index (χ1v) is 9.78. The average Bonchev–Trinajstić information content (AvgIpc) is 2.62. The van der Waals surface area contributed by atoms with Gasteiger partial charge < -0.3 is 10.1 Å². The maximum Gasteiger partial charge on any atom is 0.256 e. The quantitative estimate of drug-likeness (QED) is 0.884. The molecule has 1 N–H and O–H groups in total. The second-order valence-corrected chi connectivity index (χ2v) is 8.21. The van der Waals surface area contributed by atoms with E-state index in [1.54, 1.807) is 24.4 Å².